The van der Waals surface area contributed by atoms with E-state index in [1.807, 2.05) is 0 Å². The number of nitrogens with two attached hydrogens (primary N) is 4. The molecule has 194 valence electrons. The van der Waals surface area contributed by atoms with Gasteiger partial charge in [0.15, 0.2) is 12.6 Å². The van der Waals surface area contributed by atoms with Gasteiger partial charge in [0.1, 0.15) is 61.0 Å². The lowest BCUT2D eigenvalue weighted by Crippen LogP contribution is -2.68. The Kier molecular flexibility index (Phi) is 8.99. The normalized spacial score (nSPS) is 53.7. The maximum Gasteiger partial charge on any atom is 0.187 e. The lowest BCUT2D eigenvalue weighted by molar-refractivity contribution is -0.332. The SMILES string of the molecule is NC[C@@H]1O[C@H](O[C@@H]2[C@H](O)[C@@H](O[C@@H]3O[C@H](CO)[C@H](O)[C@H](N)[C@H]3O)[C@H](N)C[C@@H]2N)[C@@H](O)[C@@H](O)[C@@H]1O. The first-order chi connectivity index (χ1) is 15.5. The summed E-state index contributed by atoms with van der Waals surface area (Å²) >= 11 is 0. The van der Waals surface area contributed by atoms with Crippen molar-refractivity contribution in [3.63, 3.8) is 0 Å². The molecule has 3 fully saturated rings. The van der Waals surface area contributed by atoms with E-state index in [-0.39, 0.29) is 13.0 Å². The molecule has 0 bridgehead atoms. The first kappa shape index (κ1) is 27.0. The third-order valence-corrected chi connectivity index (χ3v) is 6.48. The standard InChI is InChI=1S/C18H36N4O11/c19-2-6-10(25)12(27)13(28)18(30-6)33-16-5(21)1-4(20)15(14(16)29)32-17-11(26)8(22)9(24)7(3-23)31-17/h4-18,23-29H,1-3,19-22H2/t4-,5+,6+,7-,8+,9+,10-,11-,12+,13+,14-,15+,16+,17+,18-/m1/s1. The smallest absolute Gasteiger partial charge is 0.187 e. The van der Waals surface area contributed by atoms with Crippen LogP contribution in [0.1, 0.15) is 6.42 Å². The summed E-state index contributed by atoms with van der Waals surface area (Å²) in [7, 11) is 0. The Morgan fingerprint density at radius 3 is 1.70 bits per heavy atom. The molecule has 0 aromatic carbocycles. The van der Waals surface area contributed by atoms with Crippen molar-refractivity contribution in [3.05, 3.63) is 0 Å². The quantitative estimate of drug-likeness (QED) is 0.167. The van der Waals surface area contributed by atoms with Gasteiger partial charge in [-0.15, -0.1) is 0 Å². The topological polar surface area (TPSA) is 283 Å². The van der Waals surface area contributed by atoms with E-state index < -0.39 is 98.4 Å². The van der Waals surface area contributed by atoms with E-state index in [9.17, 15) is 35.7 Å². The number of ether oxygens (including phenoxy) is 4. The van der Waals surface area contributed by atoms with E-state index in [0.717, 1.165) is 0 Å². The van der Waals surface area contributed by atoms with Gasteiger partial charge in [0, 0.05) is 18.6 Å². The molecule has 0 radical (unpaired) electrons. The van der Waals surface area contributed by atoms with Gasteiger partial charge < -0.3 is 77.6 Å². The summed E-state index contributed by atoms with van der Waals surface area (Å²) in [6.07, 6.45) is -16.5. The van der Waals surface area contributed by atoms with Gasteiger partial charge in [-0.25, -0.2) is 0 Å². The maximum atomic E-state index is 10.9. The van der Waals surface area contributed by atoms with Crippen molar-refractivity contribution in [2.75, 3.05) is 13.2 Å². The third kappa shape index (κ3) is 5.32. The van der Waals surface area contributed by atoms with E-state index >= 15 is 0 Å². The minimum absolute atomic E-state index is 0.0849. The van der Waals surface area contributed by atoms with Crippen molar-refractivity contribution in [3.8, 4) is 0 Å². The van der Waals surface area contributed by atoms with Gasteiger partial charge in [-0.1, -0.05) is 0 Å². The first-order valence-electron chi connectivity index (χ1n) is 10.8. The minimum atomic E-state index is -1.66. The molecule has 15 N–H and O–H groups in total. The fraction of sp³-hybridized carbons (Fsp3) is 1.00. The molecule has 0 amide bonds. The average molecular weight is 485 g/mol. The van der Waals surface area contributed by atoms with Gasteiger partial charge in [0.05, 0.1) is 12.6 Å². The van der Waals surface area contributed by atoms with Crippen molar-refractivity contribution < 1.29 is 54.7 Å². The second-order valence-electron chi connectivity index (χ2n) is 8.79. The van der Waals surface area contributed by atoms with Crippen LogP contribution in [0.15, 0.2) is 0 Å². The van der Waals surface area contributed by atoms with E-state index in [4.69, 9.17) is 41.9 Å². The molecule has 3 aliphatic rings. The molecule has 0 aromatic rings. The fourth-order valence-corrected chi connectivity index (χ4v) is 4.40. The van der Waals surface area contributed by atoms with Crippen LogP contribution in [0, 0.1) is 0 Å². The zero-order valence-corrected chi connectivity index (χ0v) is 17.9. The lowest BCUT2D eigenvalue weighted by atomic mass is 9.84. The number of aliphatic hydroxyl groups is 7. The Morgan fingerprint density at radius 1 is 0.667 bits per heavy atom. The van der Waals surface area contributed by atoms with E-state index in [1.54, 1.807) is 0 Å². The Balaban J connectivity index is 1.72. The van der Waals surface area contributed by atoms with Gasteiger partial charge >= 0.3 is 0 Å². The lowest BCUT2D eigenvalue weighted by Gasteiger charge is -2.48. The van der Waals surface area contributed by atoms with E-state index in [0.29, 0.717) is 0 Å². The molecule has 15 atom stereocenters. The van der Waals surface area contributed by atoms with Crippen LogP contribution in [0.25, 0.3) is 0 Å². The maximum absolute atomic E-state index is 10.9. The van der Waals surface area contributed by atoms with Crippen molar-refractivity contribution >= 4 is 0 Å². The first-order valence-corrected chi connectivity index (χ1v) is 10.8. The summed E-state index contributed by atoms with van der Waals surface area (Å²) in [6.45, 7) is -0.763. The number of hydrogen-bond donors (Lipinski definition) is 11. The molecule has 1 saturated carbocycles. The average Bonchev–Trinajstić information content (AvgIpc) is 2.79. The third-order valence-electron chi connectivity index (χ3n) is 6.48. The van der Waals surface area contributed by atoms with Crippen LogP contribution in [0.4, 0.5) is 0 Å². The summed E-state index contributed by atoms with van der Waals surface area (Å²) in [5.41, 5.74) is 23.5. The zero-order valence-electron chi connectivity index (χ0n) is 17.9. The second-order valence-corrected chi connectivity index (χ2v) is 8.79. The second kappa shape index (κ2) is 11.0. The molecule has 3 rings (SSSR count). The van der Waals surface area contributed by atoms with Gasteiger partial charge in [0.2, 0.25) is 0 Å². The molecule has 15 heteroatoms. The summed E-state index contributed by atoms with van der Waals surface area (Å²) in [4.78, 5) is 0. The molecular formula is C18H36N4O11. The molecule has 2 saturated heterocycles. The predicted molar refractivity (Wildman–Crippen MR) is 108 cm³/mol. The predicted octanol–water partition coefficient (Wildman–Crippen LogP) is -7.29. The highest BCUT2D eigenvalue weighted by Gasteiger charge is 2.51. The summed E-state index contributed by atoms with van der Waals surface area (Å²) in [5.74, 6) is 0. The van der Waals surface area contributed by atoms with Crippen molar-refractivity contribution in [1.82, 2.24) is 0 Å². The Morgan fingerprint density at radius 2 is 1.18 bits per heavy atom. The van der Waals surface area contributed by atoms with Gasteiger partial charge in [-0.05, 0) is 6.42 Å². The fourth-order valence-electron chi connectivity index (χ4n) is 4.40. The molecule has 1 aliphatic carbocycles. The van der Waals surface area contributed by atoms with Crippen LogP contribution in [0.3, 0.4) is 0 Å². The molecule has 0 spiro atoms. The van der Waals surface area contributed by atoms with Crippen molar-refractivity contribution in [2.24, 2.45) is 22.9 Å². The summed E-state index contributed by atoms with van der Waals surface area (Å²) in [5, 5.41) is 70.9. The molecule has 15 nitrogen and oxygen atoms in total. The molecule has 2 heterocycles. The van der Waals surface area contributed by atoms with Gasteiger partial charge in [-0.3, -0.25) is 0 Å². The van der Waals surface area contributed by atoms with E-state index in [1.165, 1.54) is 0 Å². The molecule has 0 aromatic heterocycles. The van der Waals surface area contributed by atoms with Crippen molar-refractivity contribution in [2.45, 2.75) is 98.2 Å². The molecule has 0 unspecified atom stereocenters. The van der Waals surface area contributed by atoms with Gasteiger partial charge in [-0.2, -0.15) is 0 Å². The van der Waals surface area contributed by atoms with Crippen LogP contribution < -0.4 is 22.9 Å². The summed E-state index contributed by atoms with van der Waals surface area (Å²) < 4.78 is 22.2. The monoisotopic (exact) mass is 484 g/mol. The number of aliphatic hydroxyl groups excluding tert-OH is 7. The highest BCUT2D eigenvalue weighted by Crippen LogP contribution is 2.31. The number of hydrogen-bond acceptors (Lipinski definition) is 15. The van der Waals surface area contributed by atoms with Crippen molar-refractivity contribution in [1.29, 1.82) is 0 Å². The molecule has 2 aliphatic heterocycles. The highest BCUT2D eigenvalue weighted by atomic mass is 16.7. The van der Waals surface area contributed by atoms with Crippen LogP contribution in [0.5, 0.6) is 0 Å². The minimum Gasteiger partial charge on any atom is -0.394 e. The van der Waals surface area contributed by atoms with Gasteiger partial charge in [0.25, 0.3) is 0 Å². The Bertz CT molecular complexity index is 584. The van der Waals surface area contributed by atoms with Crippen LogP contribution in [-0.2, 0) is 18.9 Å². The van der Waals surface area contributed by atoms with Crippen LogP contribution in [-0.4, -0.2) is 141 Å². The van der Waals surface area contributed by atoms with Crippen LogP contribution in [0.2, 0.25) is 0 Å². The number of rotatable bonds is 6. The summed E-state index contributed by atoms with van der Waals surface area (Å²) in [6, 6.07) is -2.86. The molecular weight excluding hydrogens is 448 g/mol. The van der Waals surface area contributed by atoms with E-state index in [2.05, 4.69) is 0 Å². The Hall–Kier alpha value is -0.600. The van der Waals surface area contributed by atoms with Crippen LogP contribution >= 0.6 is 0 Å². The molecule has 33 heavy (non-hydrogen) atoms. The zero-order chi connectivity index (χ0) is 24.6. The Labute approximate surface area is 189 Å². The highest BCUT2D eigenvalue weighted by molar-refractivity contribution is 5.01. The largest absolute Gasteiger partial charge is 0.394 e.